The van der Waals surface area contributed by atoms with Crippen molar-refractivity contribution in [2.75, 3.05) is 27.3 Å². The lowest BCUT2D eigenvalue weighted by molar-refractivity contribution is -0.138. The predicted octanol–water partition coefficient (Wildman–Crippen LogP) is 2.65. The first-order chi connectivity index (χ1) is 16.0. The minimum atomic E-state index is -0.352. The predicted molar refractivity (Wildman–Crippen MR) is 125 cm³/mol. The Labute approximate surface area is 198 Å². The molecule has 2 aromatic carbocycles. The highest BCUT2D eigenvalue weighted by Gasteiger charge is 2.40. The second-order valence-corrected chi connectivity index (χ2v) is 8.38. The maximum absolute atomic E-state index is 13.0. The molecule has 0 aliphatic carbocycles. The number of ether oxygens (including phenoxy) is 2. The molecule has 0 saturated carbocycles. The van der Waals surface area contributed by atoms with Crippen LogP contribution in [0.25, 0.3) is 0 Å². The van der Waals surface area contributed by atoms with Gasteiger partial charge in [-0.1, -0.05) is 29.8 Å². The van der Waals surface area contributed by atoms with Crippen LogP contribution in [0.1, 0.15) is 23.6 Å². The van der Waals surface area contributed by atoms with Crippen molar-refractivity contribution < 1.29 is 19.1 Å². The zero-order valence-corrected chi connectivity index (χ0v) is 19.3. The molecule has 2 heterocycles. The van der Waals surface area contributed by atoms with E-state index in [2.05, 4.69) is 10.7 Å². The van der Waals surface area contributed by atoms with Crippen molar-refractivity contribution >= 4 is 23.4 Å². The van der Waals surface area contributed by atoms with Gasteiger partial charge in [0.05, 0.1) is 20.3 Å². The summed E-state index contributed by atoms with van der Waals surface area (Å²) in [5.41, 5.74) is 5.42. The van der Waals surface area contributed by atoms with E-state index in [4.69, 9.17) is 21.1 Å². The summed E-state index contributed by atoms with van der Waals surface area (Å²) in [6, 6.07) is 12.9. The van der Waals surface area contributed by atoms with Crippen molar-refractivity contribution in [3.63, 3.8) is 0 Å². The zero-order valence-electron chi connectivity index (χ0n) is 18.6. The Bertz CT molecular complexity index is 1040. The number of methoxy groups -OCH3 is 2. The number of halogens is 1. The summed E-state index contributed by atoms with van der Waals surface area (Å²) in [6.45, 7) is 0.438. The van der Waals surface area contributed by atoms with Gasteiger partial charge in [-0.2, -0.15) is 0 Å². The van der Waals surface area contributed by atoms with E-state index in [-0.39, 0.29) is 30.4 Å². The maximum Gasteiger partial charge on any atom is 0.251 e. The molecule has 1 fully saturated rings. The van der Waals surface area contributed by atoms with Crippen LogP contribution in [0.15, 0.2) is 54.9 Å². The average molecular weight is 471 g/mol. The number of nitrogens with zero attached hydrogens (tertiary/aromatic N) is 2. The normalized spacial score (nSPS) is 19.4. The van der Waals surface area contributed by atoms with Crippen LogP contribution in [0.2, 0.25) is 5.02 Å². The van der Waals surface area contributed by atoms with Crippen LogP contribution >= 0.6 is 11.6 Å². The van der Waals surface area contributed by atoms with Gasteiger partial charge in [0, 0.05) is 24.0 Å². The summed E-state index contributed by atoms with van der Waals surface area (Å²) in [5.74, 6) is 1.00. The van der Waals surface area contributed by atoms with Crippen LogP contribution in [0.4, 0.5) is 0 Å². The van der Waals surface area contributed by atoms with E-state index >= 15 is 0 Å². The van der Waals surface area contributed by atoms with Crippen LogP contribution < -0.4 is 20.2 Å². The molecule has 0 aromatic heterocycles. The van der Waals surface area contributed by atoms with E-state index in [0.29, 0.717) is 35.9 Å². The molecule has 2 atom stereocenters. The quantitative estimate of drug-likeness (QED) is 0.617. The van der Waals surface area contributed by atoms with E-state index in [1.54, 1.807) is 26.6 Å². The van der Waals surface area contributed by atoms with Crippen molar-refractivity contribution in [2.24, 2.45) is 0 Å². The average Bonchev–Trinajstić information content (AvgIpc) is 3.26. The van der Waals surface area contributed by atoms with Gasteiger partial charge in [0.25, 0.3) is 5.91 Å². The molecule has 2 N–H and O–H groups in total. The molecule has 0 bridgehead atoms. The van der Waals surface area contributed by atoms with Crippen molar-refractivity contribution in [1.82, 2.24) is 20.7 Å². The number of hydrogen-bond acceptors (Lipinski definition) is 6. The van der Waals surface area contributed by atoms with Crippen LogP contribution in [0, 0.1) is 0 Å². The smallest absolute Gasteiger partial charge is 0.251 e. The third-order valence-corrected chi connectivity index (χ3v) is 6.10. The highest BCUT2D eigenvalue weighted by molar-refractivity contribution is 6.30. The number of carbonyl (C=O) groups excluding carboxylic acids is 2. The van der Waals surface area contributed by atoms with E-state index in [1.165, 1.54) is 4.90 Å². The van der Waals surface area contributed by atoms with Gasteiger partial charge in [0.15, 0.2) is 11.5 Å². The van der Waals surface area contributed by atoms with Crippen molar-refractivity contribution in [1.29, 1.82) is 0 Å². The van der Waals surface area contributed by atoms with Gasteiger partial charge in [0.2, 0.25) is 5.91 Å². The Morgan fingerprint density at radius 3 is 2.61 bits per heavy atom. The number of rotatable bonds is 8. The first-order valence-corrected chi connectivity index (χ1v) is 11.1. The van der Waals surface area contributed by atoms with Gasteiger partial charge >= 0.3 is 0 Å². The molecule has 0 radical (unpaired) electrons. The topological polar surface area (TPSA) is 83.1 Å². The van der Waals surface area contributed by atoms with Crippen LogP contribution in [-0.2, 0) is 16.0 Å². The van der Waals surface area contributed by atoms with E-state index in [1.807, 2.05) is 47.5 Å². The number of hydrazine groups is 1. The minimum Gasteiger partial charge on any atom is -0.493 e. The largest absolute Gasteiger partial charge is 0.493 e. The Balaban J connectivity index is 1.28. The third kappa shape index (κ3) is 5.23. The Morgan fingerprint density at radius 2 is 1.88 bits per heavy atom. The summed E-state index contributed by atoms with van der Waals surface area (Å²) >= 11 is 5.98. The first kappa shape index (κ1) is 22.9. The second-order valence-electron chi connectivity index (χ2n) is 7.95. The van der Waals surface area contributed by atoms with Crippen molar-refractivity contribution in [2.45, 2.75) is 24.9 Å². The molecule has 0 spiro atoms. The number of carbonyl (C=O) groups is 2. The molecule has 2 aromatic rings. The second kappa shape index (κ2) is 10.1. The molecule has 8 nitrogen and oxygen atoms in total. The van der Waals surface area contributed by atoms with E-state index < -0.39 is 0 Å². The number of benzene rings is 2. The molecule has 2 unspecified atom stereocenters. The monoisotopic (exact) mass is 470 g/mol. The summed E-state index contributed by atoms with van der Waals surface area (Å²) in [4.78, 5) is 26.9. The zero-order chi connectivity index (χ0) is 23.4. The molecule has 33 heavy (non-hydrogen) atoms. The SMILES string of the molecule is COc1ccc(CCNC(=O)CN2C=CN3NC(c4ccc(Cl)cc4)CC3C2=O)cc1OC. The van der Waals surface area contributed by atoms with E-state index in [9.17, 15) is 9.59 Å². The fraction of sp³-hybridized carbons (Fsp3) is 0.333. The number of amides is 2. The van der Waals surface area contributed by atoms with Gasteiger partial charge in [-0.05, 0) is 48.2 Å². The van der Waals surface area contributed by atoms with Crippen LogP contribution in [-0.4, -0.2) is 55.1 Å². The molecule has 4 rings (SSSR count). The Morgan fingerprint density at radius 1 is 1.12 bits per heavy atom. The molecular formula is C24H27ClN4O4. The van der Waals surface area contributed by atoms with Gasteiger partial charge in [-0.15, -0.1) is 0 Å². The molecule has 9 heteroatoms. The summed E-state index contributed by atoms with van der Waals surface area (Å²) < 4.78 is 10.6. The lowest BCUT2D eigenvalue weighted by Gasteiger charge is -2.31. The van der Waals surface area contributed by atoms with E-state index in [0.717, 1.165) is 11.1 Å². The molecule has 2 aliphatic rings. The van der Waals surface area contributed by atoms with Crippen LogP contribution in [0.3, 0.4) is 0 Å². The lowest BCUT2D eigenvalue weighted by Crippen LogP contribution is -2.50. The standard InChI is InChI=1S/C24H27ClN4O4/c1-32-21-8-3-16(13-22(21)33-2)9-10-26-23(30)15-28-11-12-29-20(24(28)31)14-19(27-29)17-4-6-18(25)7-5-17/h3-8,11-13,19-20,27H,9-10,14-15H2,1-2H3,(H,26,30). The van der Waals surface area contributed by atoms with Crippen molar-refractivity contribution in [3.8, 4) is 11.5 Å². The fourth-order valence-electron chi connectivity index (χ4n) is 4.07. The lowest BCUT2D eigenvalue weighted by atomic mass is 10.0. The van der Waals surface area contributed by atoms with Gasteiger partial charge in [-0.3, -0.25) is 9.59 Å². The molecule has 2 amide bonds. The summed E-state index contributed by atoms with van der Waals surface area (Å²) in [5, 5.41) is 5.37. The van der Waals surface area contributed by atoms with Crippen molar-refractivity contribution in [3.05, 3.63) is 71.0 Å². The highest BCUT2D eigenvalue weighted by atomic mass is 35.5. The maximum atomic E-state index is 13.0. The van der Waals surface area contributed by atoms with Gasteiger partial charge in [-0.25, -0.2) is 5.43 Å². The molecule has 2 aliphatic heterocycles. The molecular weight excluding hydrogens is 444 g/mol. The summed E-state index contributed by atoms with van der Waals surface area (Å²) in [7, 11) is 3.18. The Kier molecular flexibility index (Phi) is 7.05. The first-order valence-electron chi connectivity index (χ1n) is 10.7. The summed E-state index contributed by atoms with van der Waals surface area (Å²) in [6.07, 6.45) is 4.70. The number of fused-ring (bicyclic) bond motifs is 1. The molecule has 1 saturated heterocycles. The number of hydrogen-bond donors (Lipinski definition) is 2. The molecule has 174 valence electrons. The number of nitrogens with one attached hydrogen (secondary N) is 2. The minimum absolute atomic E-state index is 0.0103. The highest BCUT2D eigenvalue weighted by Crippen LogP contribution is 2.31. The third-order valence-electron chi connectivity index (χ3n) is 5.85. The van der Waals surface area contributed by atoms with Crippen LogP contribution in [0.5, 0.6) is 11.5 Å². The Hall–Kier alpha value is -3.23. The van der Waals surface area contributed by atoms with Gasteiger partial charge in [0.1, 0.15) is 12.6 Å². The fourth-order valence-corrected chi connectivity index (χ4v) is 4.20. The van der Waals surface area contributed by atoms with Gasteiger partial charge < -0.3 is 24.7 Å².